The quantitative estimate of drug-likeness (QED) is 0.856. The summed E-state index contributed by atoms with van der Waals surface area (Å²) in [6, 6.07) is 12.7. The van der Waals surface area contributed by atoms with Gasteiger partial charge in [0.15, 0.2) is 5.92 Å². The minimum absolute atomic E-state index is 0.178. The molecule has 0 saturated carbocycles. The molecule has 3 aliphatic heterocycles. The SMILES string of the molecule is CC1CCN(C2=NC3(CCN(Cc4ccccc4)CC3)C(C#N)C(=O)N2)CC1. The molecule has 1 N–H and O–H groups in total. The number of carbonyl (C=O) groups excluding carboxylic acids is 1. The molecule has 6 nitrogen and oxygen atoms in total. The summed E-state index contributed by atoms with van der Waals surface area (Å²) in [5.74, 6) is 0.541. The Balaban J connectivity index is 1.50. The third-order valence-corrected chi connectivity index (χ3v) is 6.55. The van der Waals surface area contributed by atoms with Crippen molar-refractivity contribution in [2.75, 3.05) is 26.2 Å². The summed E-state index contributed by atoms with van der Waals surface area (Å²) in [4.78, 5) is 22.4. The zero-order valence-corrected chi connectivity index (χ0v) is 16.6. The molecule has 3 heterocycles. The number of hydrogen-bond donors (Lipinski definition) is 1. The largest absolute Gasteiger partial charge is 0.343 e. The Bertz CT molecular complexity index is 768. The molecule has 2 saturated heterocycles. The van der Waals surface area contributed by atoms with Gasteiger partial charge < -0.3 is 4.90 Å². The monoisotopic (exact) mass is 379 g/mol. The molecule has 0 aromatic heterocycles. The van der Waals surface area contributed by atoms with Crippen molar-refractivity contribution in [3.8, 4) is 6.07 Å². The van der Waals surface area contributed by atoms with Crippen LogP contribution in [0.5, 0.6) is 0 Å². The third kappa shape index (κ3) is 3.77. The number of aliphatic imine (C=N–C) groups is 1. The molecule has 28 heavy (non-hydrogen) atoms. The molecule has 1 unspecified atom stereocenters. The third-order valence-electron chi connectivity index (χ3n) is 6.55. The van der Waals surface area contributed by atoms with Gasteiger partial charge in [0.2, 0.25) is 11.9 Å². The number of nitrogens with one attached hydrogen (secondary N) is 1. The van der Waals surface area contributed by atoms with Crippen LogP contribution in [0.25, 0.3) is 0 Å². The summed E-state index contributed by atoms with van der Waals surface area (Å²) in [5, 5.41) is 12.6. The van der Waals surface area contributed by atoms with Gasteiger partial charge in [0.25, 0.3) is 0 Å². The number of amides is 1. The minimum Gasteiger partial charge on any atom is -0.343 e. The van der Waals surface area contributed by atoms with Crippen molar-refractivity contribution in [1.82, 2.24) is 15.1 Å². The topological polar surface area (TPSA) is 71.7 Å². The van der Waals surface area contributed by atoms with E-state index >= 15 is 0 Å². The van der Waals surface area contributed by atoms with Crippen LogP contribution in [-0.2, 0) is 11.3 Å². The molecule has 2 fully saturated rings. The zero-order chi connectivity index (χ0) is 19.6. The van der Waals surface area contributed by atoms with Crippen LogP contribution in [0.4, 0.5) is 0 Å². The fourth-order valence-corrected chi connectivity index (χ4v) is 4.62. The maximum absolute atomic E-state index is 12.7. The van der Waals surface area contributed by atoms with E-state index in [1.165, 1.54) is 5.56 Å². The highest BCUT2D eigenvalue weighted by atomic mass is 16.2. The first-order valence-electron chi connectivity index (χ1n) is 10.4. The predicted molar refractivity (Wildman–Crippen MR) is 108 cm³/mol. The molecule has 1 aromatic rings. The van der Waals surface area contributed by atoms with E-state index in [4.69, 9.17) is 4.99 Å². The maximum Gasteiger partial charge on any atom is 0.246 e. The normalized spacial score (nSPS) is 25.9. The van der Waals surface area contributed by atoms with Gasteiger partial charge in [-0.2, -0.15) is 5.26 Å². The van der Waals surface area contributed by atoms with E-state index in [0.717, 1.165) is 64.3 Å². The maximum atomic E-state index is 12.7. The molecule has 0 radical (unpaired) electrons. The number of carbonyl (C=O) groups is 1. The van der Waals surface area contributed by atoms with Crippen LogP contribution < -0.4 is 5.32 Å². The van der Waals surface area contributed by atoms with Crippen LogP contribution in [0.3, 0.4) is 0 Å². The number of nitriles is 1. The average Bonchev–Trinajstić information content (AvgIpc) is 2.71. The van der Waals surface area contributed by atoms with Gasteiger partial charge in [0, 0.05) is 32.7 Å². The van der Waals surface area contributed by atoms with Crippen molar-refractivity contribution >= 4 is 11.9 Å². The fraction of sp³-hybridized carbons (Fsp3) is 0.591. The van der Waals surface area contributed by atoms with Crippen LogP contribution in [-0.4, -0.2) is 53.4 Å². The van der Waals surface area contributed by atoms with E-state index in [1.807, 2.05) is 6.07 Å². The van der Waals surface area contributed by atoms with E-state index in [1.54, 1.807) is 0 Å². The molecule has 3 aliphatic rings. The van der Waals surface area contributed by atoms with Crippen LogP contribution in [0.1, 0.15) is 38.2 Å². The van der Waals surface area contributed by atoms with Gasteiger partial charge in [0.1, 0.15) is 0 Å². The zero-order valence-electron chi connectivity index (χ0n) is 16.6. The van der Waals surface area contributed by atoms with Crippen LogP contribution >= 0.6 is 0 Å². The number of likely N-dealkylation sites (tertiary alicyclic amines) is 2. The lowest BCUT2D eigenvalue weighted by atomic mass is 9.76. The Morgan fingerprint density at radius 1 is 1.18 bits per heavy atom. The summed E-state index contributed by atoms with van der Waals surface area (Å²) in [6.45, 7) is 6.74. The number of nitrogens with zero attached hydrogens (tertiary/aromatic N) is 4. The smallest absolute Gasteiger partial charge is 0.246 e. The van der Waals surface area contributed by atoms with Crippen molar-refractivity contribution in [2.24, 2.45) is 16.8 Å². The van der Waals surface area contributed by atoms with E-state index in [2.05, 4.69) is 52.4 Å². The number of piperidine rings is 2. The van der Waals surface area contributed by atoms with Gasteiger partial charge in [-0.15, -0.1) is 0 Å². The first kappa shape index (κ1) is 18.9. The first-order chi connectivity index (χ1) is 13.6. The molecule has 1 amide bonds. The van der Waals surface area contributed by atoms with Gasteiger partial charge in [-0.05, 0) is 37.2 Å². The molecular weight excluding hydrogens is 350 g/mol. The molecule has 1 spiro atoms. The molecular formula is C22H29N5O. The molecule has 1 aromatic carbocycles. The first-order valence-corrected chi connectivity index (χ1v) is 10.4. The van der Waals surface area contributed by atoms with Gasteiger partial charge in [-0.3, -0.25) is 15.0 Å². The van der Waals surface area contributed by atoms with E-state index in [9.17, 15) is 10.1 Å². The Labute approximate surface area is 167 Å². The minimum atomic E-state index is -0.696. The van der Waals surface area contributed by atoms with Gasteiger partial charge >= 0.3 is 0 Å². The summed E-state index contributed by atoms with van der Waals surface area (Å²) >= 11 is 0. The van der Waals surface area contributed by atoms with Gasteiger partial charge in [-0.1, -0.05) is 37.3 Å². The average molecular weight is 380 g/mol. The Morgan fingerprint density at radius 2 is 1.86 bits per heavy atom. The van der Waals surface area contributed by atoms with Crippen molar-refractivity contribution in [3.63, 3.8) is 0 Å². The molecule has 0 bridgehead atoms. The summed E-state index contributed by atoms with van der Waals surface area (Å²) < 4.78 is 0. The lowest BCUT2D eigenvalue weighted by Gasteiger charge is -2.45. The fourth-order valence-electron chi connectivity index (χ4n) is 4.62. The van der Waals surface area contributed by atoms with Crippen molar-refractivity contribution in [2.45, 2.75) is 44.7 Å². The summed E-state index contributed by atoms with van der Waals surface area (Å²) in [6.07, 6.45) is 3.74. The van der Waals surface area contributed by atoms with Crippen molar-refractivity contribution in [3.05, 3.63) is 35.9 Å². The highest BCUT2D eigenvalue weighted by Gasteiger charge is 2.49. The van der Waals surface area contributed by atoms with E-state index in [-0.39, 0.29) is 5.91 Å². The Hall–Kier alpha value is -2.39. The molecule has 148 valence electrons. The van der Waals surface area contributed by atoms with Gasteiger partial charge in [-0.25, -0.2) is 4.99 Å². The number of rotatable bonds is 2. The van der Waals surface area contributed by atoms with E-state index < -0.39 is 11.5 Å². The lowest BCUT2D eigenvalue weighted by molar-refractivity contribution is -0.125. The molecule has 1 atom stereocenters. The van der Waals surface area contributed by atoms with Crippen molar-refractivity contribution < 1.29 is 4.79 Å². The second-order valence-corrected chi connectivity index (χ2v) is 8.52. The van der Waals surface area contributed by atoms with Crippen LogP contribution in [0.2, 0.25) is 0 Å². The van der Waals surface area contributed by atoms with Crippen LogP contribution in [0.15, 0.2) is 35.3 Å². The highest BCUT2D eigenvalue weighted by molar-refractivity contribution is 6.02. The van der Waals surface area contributed by atoms with Crippen LogP contribution in [0, 0.1) is 23.2 Å². The summed E-state index contributed by atoms with van der Waals surface area (Å²) in [7, 11) is 0. The molecule has 4 rings (SSSR count). The lowest BCUT2D eigenvalue weighted by Crippen LogP contribution is -2.60. The van der Waals surface area contributed by atoms with Crippen molar-refractivity contribution in [1.29, 1.82) is 5.26 Å². The highest BCUT2D eigenvalue weighted by Crippen LogP contribution is 2.37. The molecule has 6 heteroatoms. The number of guanidine groups is 1. The predicted octanol–water partition coefficient (Wildman–Crippen LogP) is 2.38. The molecule has 0 aliphatic carbocycles. The second kappa shape index (κ2) is 7.92. The number of hydrogen-bond acceptors (Lipinski definition) is 5. The second-order valence-electron chi connectivity index (χ2n) is 8.52. The standard InChI is InChI=1S/C22H29N5O/c1-17-7-11-27(12-8-17)21-24-20(28)19(15-23)22(25-21)9-13-26(14-10-22)16-18-5-3-2-4-6-18/h2-6,17,19H,7-14,16H2,1H3,(H,24,25,28). The van der Waals surface area contributed by atoms with Gasteiger partial charge in [0.05, 0.1) is 11.6 Å². The Kier molecular flexibility index (Phi) is 5.36. The Morgan fingerprint density at radius 3 is 2.50 bits per heavy atom. The summed E-state index contributed by atoms with van der Waals surface area (Å²) in [5.41, 5.74) is 0.714. The number of benzene rings is 1. The van der Waals surface area contributed by atoms with E-state index in [0.29, 0.717) is 5.96 Å².